The quantitative estimate of drug-likeness (QED) is 0.321. The minimum Gasteiger partial charge on any atom is -0.545 e. The topological polar surface area (TPSA) is 59.1 Å². The van der Waals surface area contributed by atoms with E-state index in [1.165, 1.54) is 5.69 Å². The molecule has 1 heterocycles. The molecule has 0 amide bonds. The summed E-state index contributed by atoms with van der Waals surface area (Å²) in [4.78, 5) is 20.4. The molecule has 1 N–H and O–H groups in total. The van der Waals surface area contributed by atoms with E-state index < -0.39 is 7.92 Å². The third kappa shape index (κ3) is 14.1. The zero-order valence-corrected chi connectivity index (χ0v) is 20.6. The summed E-state index contributed by atoms with van der Waals surface area (Å²) in [7, 11) is -0.570. The third-order valence-electron chi connectivity index (χ3n) is 3.83. The standard InChI is InChI=1S/C19H35N2P.2CHO.Mn/c1-17(2,3)20-13-15-11-10-12-16(21-15)14-22(18(4,5)6)19(7,8)9;2*1-2;/h10-12,20H,13-14H2,1-9H3;2*1H;/q;2*-1;+3/p+1. The molecule has 0 aliphatic heterocycles. The predicted octanol–water partition coefficient (Wildman–Crippen LogP) is 4.73. The molecule has 0 aromatic carbocycles. The minimum atomic E-state index is -0.570. The average molecular weight is 436 g/mol. The van der Waals surface area contributed by atoms with E-state index in [0.717, 1.165) is 18.4 Å². The van der Waals surface area contributed by atoms with Crippen LogP contribution in [0.25, 0.3) is 0 Å². The van der Waals surface area contributed by atoms with E-state index in [-0.39, 0.29) is 22.6 Å². The second kappa shape index (κ2) is 13.6. The van der Waals surface area contributed by atoms with Crippen LogP contribution in [0.4, 0.5) is 0 Å². The fourth-order valence-electron chi connectivity index (χ4n) is 2.92. The summed E-state index contributed by atoms with van der Waals surface area (Å²) in [5.41, 5.74) is 2.53. The molecule has 0 fully saturated rings. The van der Waals surface area contributed by atoms with E-state index in [0.29, 0.717) is 10.3 Å². The van der Waals surface area contributed by atoms with Crippen molar-refractivity contribution in [2.45, 2.75) is 90.9 Å². The van der Waals surface area contributed by atoms with Crippen molar-refractivity contribution < 1.29 is 26.7 Å². The van der Waals surface area contributed by atoms with Crippen LogP contribution in [-0.2, 0) is 39.4 Å². The van der Waals surface area contributed by atoms with Crippen LogP contribution in [0.15, 0.2) is 18.2 Å². The van der Waals surface area contributed by atoms with Gasteiger partial charge >= 0.3 is 17.1 Å². The van der Waals surface area contributed by atoms with Crippen LogP contribution in [0.2, 0.25) is 0 Å². The van der Waals surface area contributed by atoms with Crippen molar-refractivity contribution in [2.24, 2.45) is 0 Å². The molecule has 6 heteroatoms. The van der Waals surface area contributed by atoms with Crippen LogP contribution in [0, 0.1) is 0 Å². The van der Waals surface area contributed by atoms with Gasteiger partial charge in [-0.3, -0.25) is 18.6 Å². The molecule has 0 radical (unpaired) electrons. The SMILES string of the molecule is CC(C)(C)NCc1cccc(C[PH+](C(C)(C)C)C(C)(C)C)n1.[CH-]=O.[CH-]=O.[Mn+3]. The Bertz CT molecular complexity index is 504. The Morgan fingerprint density at radius 1 is 0.852 bits per heavy atom. The maximum Gasteiger partial charge on any atom is 3.00 e. The van der Waals surface area contributed by atoms with Gasteiger partial charge in [-0.1, -0.05) is 6.07 Å². The first-order valence-electron chi connectivity index (χ1n) is 8.83. The molecule has 0 bridgehead atoms. The Labute approximate surface area is 178 Å². The van der Waals surface area contributed by atoms with Crippen LogP contribution in [0.5, 0.6) is 0 Å². The molecule has 0 atom stereocenters. The van der Waals surface area contributed by atoms with Crippen LogP contribution >= 0.6 is 7.92 Å². The molecule has 0 aliphatic carbocycles. The van der Waals surface area contributed by atoms with Gasteiger partial charge in [-0.05, 0) is 74.4 Å². The molecule has 4 nitrogen and oxygen atoms in total. The van der Waals surface area contributed by atoms with Gasteiger partial charge in [0.2, 0.25) is 0 Å². The Kier molecular flexibility index (Phi) is 15.6. The molecule has 0 unspecified atom stereocenters. The van der Waals surface area contributed by atoms with Gasteiger partial charge in [0.1, 0.15) is 0 Å². The number of nitrogens with one attached hydrogen (secondary N) is 1. The summed E-state index contributed by atoms with van der Waals surface area (Å²) >= 11 is 0. The number of pyridine rings is 1. The van der Waals surface area contributed by atoms with Crippen LogP contribution in [0.3, 0.4) is 0 Å². The van der Waals surface area contributed by atoms with Gasteiger partial charge in [-0.2, -0.15) is 0 Å². The number of nitrogens with zero attached hydrogens (tertiary/aromatic N) is 1. The number of aromatic nitrogens is 1. The normalized spacial score (nSPS) is 11.5. The number of hydrogen-bond donors (Lipinski definition) is 1. The first-order valence-corrected chi connectivity index (χ1v) is 10.5. The van der Waals surface area contributed by atoms with Crippen molar-refractivity contribution in [3.05, 3.63) is 29.6 Å². The predicted molar refractivity (Wildman–Crippen MR) is 116 cm³/mol. The Morgan fingerprint density at radius 3 is 1.63 bits per heavy atom. The van der Waals surface area contributed by atoms with Crippen LogP contribution < -0.4 is 5.32 Å². The number of hydrogen-bond acceptors (Lipinski definition) is 4. The molecular formula is C21H38MnN2O2P+2. The molecule has 1 aromatic rings. The molecule has 0 aliphatic rings. The molecule has 0 saturated heterocycles. The van der Waals surface area contributed by atoms with Gasteiger partial charge in [-0.15, -0.1) is 0 Å². The summed E-state index contributed by atoms with van der Waals surface area (Å²) in [6.07, 6.45) is 1.14. The fraction of sp³-hybridized carbons (Fsp3) is 0.667. The average Bonchev–Trinajstić information content (AvgIpc) is 2.52. The largest absolute Gasteiger partial charge is 3.00 e. The van der Waals surface area contributed by atoms with E-state index >= 15 is 0 Å². The monoisotopic (exact) mass is 436 g/mol. The number of rotatable bonds is 4. The zero-order valence-electron chi connectivity index (χ0n) is 18.4. The summed E-state index contributed by atoms with van der Waals surface area (Å²) in [5.74, 6) is 0. The van der Waals surface area contributed by atoms with Crippen molar-refractivity contribution in [1.82, 2.24) is 10.3 Å². The van der Waals surface area contributed by atoms with Gasteiger partial charge < -0.3 is 14.9 Å². The molecule has 1 aromatic heterocycles. The van der Waals surface area contributed by atoms with Crippen molar-refractivity contribution in [3.63, 3.8) is 0 Å². The van der Waals surface area contributed by atoms with E-state index in [4.69, 9.17) is 14.6 Å². The van der Waals surface area contributed by atoms with Crippen molar-refractivity contribution in [1.29, 1.82) is 0 Å². The van der Waals surface area contributed by atoms with Crippen LogP contribution in [-0.4, -0.2) is 34.4 Å². The molecule has 27 heavy (non-hydrogen) atoms. The van der Waals surface area contributed by atoms with E-state index in [1.54, 1.807) is 0 Å². The summed E-state index contributed by atoms with van der Waals surface area (Å²) < 4.78 is 0. The van der Waals surface area contributed by atoms with E-state index in [2.05, 4.69) is 99.4 Å². The maximum absolute atomic E-state index is 7.75. The molecular weight excluding hydrogens is 398 g/mol. The van der Waals surface area contributed by atoms with E-state index in [9.17, 15) is 0 Å². The van der Waals surface area contributed by atoms with E-state index in [1.807, 2.05) is 0 Å². The van der Waals surface area contributed by atoms with Gasteiger partial charge in [0.25, 0.3) is 0 Å². The first kappa shape index (κ1) is 31.1. The summed E-state index contributed by atoms with van der Waals surface area (Å²) in [6, 6.07) is 6.48. The molecule has 0 saturated carbocycles. The van der Waals surface area contributed by atoms with Gasteiger partial charge in [0, 0.05) is 20.0 Å². The fourth-order valence-corrected chi connectivity index (χ4v) is 6.79. The van der Waals surface area contributed by atoms with Crippen molar-refractivity contribution in [3.8, 4) is 0 Å². The first-order chi connectivity index (χ1) is 11.8. The minimum absolute atomic E-state index is 0. The summed E-state index contributed by atoms with van der Waals surface area (Å²) in [5, 5.41) is 4.28. The Balaban J connectivity index is -0.00000108. The van der Waals surface area contributed by atoms with Gasteiger partial charge in [0.05, 0.1) is 27.9 Å². The molecule has 0 spiro atoms. The summed E-state index contributed by atoms with van der Waals surface area (Å²) in [6.45, 7) is 28.2. The van der Waals surface area contributed by atoms with Gasteiger partial charge in [0.15, 0.2) is 0 Å². The zero-order chi connectivity index (χ0) is 21.2. The van der Waals surface area contributed by atoms with Crippen LogP contribution in [0.1, 0.15) is 73.7 Å². The second-order valence-corrected chi connectivity index (χ2v) is 13.7. The molecule has 154 valence electrons. The molecule has 1 rings (SSSR count). The van der Waals surface area contributed by atoms with Gasteiger partial charge in [-0.25, -0.2) is 0 Å². The maximum atomic E-state index is 7.75. The second-order valence-electron chi connectivity index (χ2n) is 9.38. The Hall–Kier alpha value is -0.601. The van der Waals surface area contributed by atoms with Crippen molar-refractivity contribution in [2.75, 3.05) is 0 Å². The number of carbonyl (C=O) groups excluding carboxylic acids is 2. The van der Waals surface area contributed by atoms with Crippen molar-refractivity contribution >= 4 is 21.5 Å². The smallest absolute Gasteiger partial charge is 0.545 e. The Morgan fingerprint density at radius 2 is 1.26 bits per heavy atom. The third-order valence-corrected chi connectivity index (χ3v) is 8.17.